The molecule has 0 spiro atoms. The van der Waals surface area contributed by atoms with Gasteiger partial charge in [0.15, 0.2) is 0 Å². The molecule has 1 heterocycles. The third kappa shape index (κ3) is 4.47. The maximum absolute atomic E-state index is 13.5. The summed E-state index contributed by atoms with van der Waals surface area (Å²) in [5, 5.41) is 11.4. The fraction of sp³-hybridized carbons (Fsp3) is 0.438. The average Bonchev–Trinajstić information content (AvgIpc) is 2.77. The van der Waals surface area contributed by atoms with Crippen molar-refractivity contribution in [1.29, 1.82) is 0 Å². The van der Waals surface area contributed by atoms with Crippen LogP contribution in [0.2, 0.25) is 0 Å². The van der Waals surface area contributed by atoms with Gasteiger partial charge in [-0.25, -0.2) is 9.18 Å². The van der Waals surface area contributed by atoms with Gasteiger partial charge in [-0.15, -0.1) is 0 Å². The number of carbonyl (C=O) groups excluding carboxylic acids is 1. The number of hydrogen-bond donors (Lipinski definition) is 2. The zero-order valence-electron chi connectivity index (χ0n) is 11.9. The van der Waals surface area contributed by atoms with Crippen LogP contribution in [0.1, 0.15) is 31.2 Å². The van der Waals surface area contributed by atoms with E-state index < -0.39 is 5.82 Å². The minimum atomic E-state index is -0.469. The number of amides is 2. The zero-order valence-corrected chi connectivity index (χ0v) is 11.9. The lowest BCUT2D eigenvalue weighted by Crippen LogP contribution is -2.35. The van der Waals surface area contributed by atoms with Crippen molar-refractivity contribution in [1.82, 2.24) is 4.90 Å². The average molecular weight is 290 g/mol. The highest BCUT2D eigenvalue weighted by Crippen LogP contribution is 2.16. The van der Waals surface area contributed by atoms with Crippen LogP contribution in [0.15, 0.2) is 18.2 Å². The summed E-state index contributed by atoms with van der Waals surface area (Å²) in [4.78, 5) is 14.0. The molecule has 1 saturated heterocycles. The lowest BCUT2D eigenvalue weighted by atomic mass is 10.2. The molecule has 2 amide bonds. The van der Waals surface area contributed by atoms with Crippen LogP contribution in [0.3, 0.4) is 0 Å². The Morgan fingerprint density at radius 1 is 1.29 bits per heavy atom. The maximum Gasteiger partial charge on any atom is 0.321 e. The third-order valence-electron chi connectivity index (χ3n) is 3.41. The van der Waals surface area contributed by atoms with Crippen LogP contribution in [0.5, 0.6) is 0 Å². The second-order valence-electron chi connectivity index (χ2n) is 4.99. The van der Waals surface area contributed by atoms with E-state index in [0.717, 1.165) is 38.8 Å². The highest BCUT2D eigenvalue weighted by Gasteiger charge is 2.15. The topological polar surface area (TPSA) is 52.6 Å². The molecule has 0 radical (unpaired) electrons. The van der Waals surface area contributed by atoms with Gasteiger partial charge in [-0.2, -0.15) is 0 Å². The van der Waals surface area contributed by atoms with Crippen LogP contribution in [0, 0.1) is 17.7 Å². The van der Waals surface area contributed by atoms with Gasteiger partial charge in [0.2, 0.25) is 0 Å². The van der Waals surface area contributed by atoms with Gasteiger partial charge in [-0.3, -0.25) is 0 Å². The normalized spacial score (nSPS) is 14.9. The fourth-order valence-electron chi connectivity index (χ4n) is 2.31. The van der Waals surface area contributed by atoms with E-state index in [1.807, 2.05) is 0 Å². The number of anilines is 1. The Balaban J connectivity index is 2.06. The maximum atomic E-state index is 13.5. The van der Waals surface area contributed by atoms with Crippen molar-refractivity contribution in [3.63, 3.8) is 0 Å². The van der Waals surface area contributed by atoms with Crippen molar-refractivity contribution in [3.05, 3.63) is 29.6 Å². The highest BCUT2D eigenvalue weighted by atomic mass is 19.1. The number of rotatable bonds is 1. The number of nitrogens with zero attached hydrogens (tertiary/aromatic N) is 1. The van der Waals surface area contributed by atoms with Crippen molar-refractivity contribution in [3.8, 4) is 11.8 Å². The molecule has 1 aromatic rings. The Kier molecular flexibility index (Phi) is 5.59. The third-order valence-corrected chi connectivity index (χ3v) is 3.41. The lowest BCUT2D eigenvalue weighted by molar-refractivity contribution is 0.214. The first-order valence-electron chi connectivity index (χ1n) is 7.16. The summed E-state index contributed by atoms with van der Waals surface area (Å²) < 4.78 is 13.5. The minimum Gasteiger partial charge on any atom is -0.384 e. The summed E-state index contributed by atoms with van der Waals surface area (Å²) in [5.41, 5.74) is 0.672. The Bertz CT molecular complexity index is 555. The van der Waals surface area contributed by atoms with Crippen LogP contribution >= 0.6 is 0 Å². The summed E-state index contributed by atoms with van der Waals surface area (Å²) >= 11 is 0. The molecular weight excluding hydrogens is 271 g/mol. The van der Waals surface area contributed by atoms with Gasteiger partial charge in [0.1, 0.15) is 12.4 Å². The van der Waals surface area contributed by atoms with E-state index in [4.69, 9.17) is 5.11 Å². The van der Waals surface area contributed by atoms with Crippen LogP contribution in [-0.2, 0) is 0 Å². The standard InChI is InChI=1S/C16H19FN2O2/c17-15-8-7-14(12-13(15)6-5-11-20)18-16(21)19-9-3-1-2-4-10-19/h7-8,12,20H,1-4,9-11H2,(H,18,21). The van der Waals surface area contributed by atoms with Crippen molar-refractivity contribution < 1.29 is 14.3 Å². The van der Waals surface area contributed by atoms with Gasteiger partial charge in [-0.05, 0) is 31.0 Å². The molecule has 0 saturated carbocycles. The molecule has 1 aromatic carbocycles. The second-order valence-corrected chi connectivity index (χ2v) is 4.99. The Morgan fingerprint density at radius 3 is 2.67 bits per heavy atom. The molecule has 0 aliphatic carbocycles. The summed E-state index contributed by atoms with van der Waals surface area (Å²) in [6.07, 6.45) is 4.34. The molecule has 0 unspecified atom stereocenters. The van der Waals surface area contributed by atoms with Gasteiger partial charge >= 0.3 is 6.03 Å². The lowest BCUT2D eigenvalue weighted by Gasteiger charge is -2.20. The van der Waals surface area contributed by atoms with Crippen molar-refractivity contribution in [2.45, 2.75) is 25.7 Å². The number of urea groups is 1. The Hall–Kier alpha value is -2.06. The summed E-state index contributed by atoms with van der Waals surface area (Å²) in [5.74, 6) is 4.46. The molecule has 1 aliphatic heterocycles. The first-order valence-corrected chi connectivity index (χ1v) is 7.16. The number of hydrogen-bond acceptors (Lipinski definition) is 2. The molecule has 21 heavy (non-hydrogen) atoms. The zero-order chi connectivity index (χ0) is 15.1. The Labute approximate surface area is 124 Å². The predicted molar refractivity (Wildman–Crippen MR) is 79.4 cm³/mol. The number of benzene rings is 1. The summed E-state index contributed by atoms with van der Waals surface area (Å²) in [6.45, 7) is 1.18. The van der Waals surface area contributed by atoms with Gasteiger partial charge in [-0.1, -0.05) is 24.7 Å². The summed E-state index contributed by atoms with van der Waals surface area (Å²) in [7, 11) is 0. The number of aliphatic hydroxyl groups excluding tert-OH is 1. The largest absolute Gasteiger partial charge is 0.384 e. The molecule has 2 rings (SSSR count). The van der Waals surface area contributed by atoms with E-state index in [0.29, 0.717) is 5.69 Å². The van der Waals surface area contributed by atoms with E-state index in [-0.39, 0.29) is 18.2 Å². The van der Waals surface area contributed by atoms with Crippen LogP contribution in [0.4, 0.5) is 14.9 Å². The van der Waals surface area contributed by atoms with E-state index >= 15 is 0 Å². The molecule has 5 heteroatoms. The number of carbonyl (C=O) groups is 1. The van der Waals surface area contributed by atoms with Crippen LogP contribution in [-0.4, -0.2) is 35.7 Å². The quantitative estimate of drug-likeness (QED) is 0.781. The van der Waals surface area contributed by atoms with Gasteiger partial charge in [0, 0.05) is 18.8 Å². The predicted octanol–water partition coefficient (Wildman–Crippen LogP) is 2.58. The van der Waals surface area contributed by atoms with E-state index in [1.165, 1.54) is 18.2 Å². The van der Waals surface area contributed by atoms with Gasteiger partial charge < -0.3 is 15.3 Å². The van der Waals surface area contributed by atoms with E-state index in [9.17, 15) is 9.18 Å². The highest BCUT2D eigenvalue weighted by molar-refractivity contribution is 5.89. The molecule has 0 atom stereocenters. The van der Waals surface area contributed by atoms with E-state index in [2.05, 4.69) is 17.2 Å². The number of halogens is 1. The molecule has 112 valence electrons. The van der Waals surface area contributed by atoms with Crippen LogP contribution < -0.4 is 5.32 Å². The first kappa shape index (κ1) is 15.3. The molecule has 1 fully saturated rings. The minimum absolute atomic E-state index is 0.162. The molecule has 0 aromatic heterocycles. The first-order chi connectivity index (χ1) is 10.2. The second kappa shape index (κ2) is 7.65. The molecular formula is C16H19FN2O2. The number of aliphatic hydroxyl groups is 1. The smallest absolute Gasteiger partial charge is 0.321 e. The summed E-state index contributed by atoms with van der Waals surface area (Å²) in [6, 6.07) is 4.09. The Morgan fingerprint density at radius 2 is 2.00 bits per heavy atom. The fourth-order valence-corrected chi connectivity index (χ4v) is 2.31. The molecule has 4 nitrogen and oxygen atoms in total. The van der Waals surface area contributed by atoms with Crippen molar-refractivity contribution >= 4 is 11.7 Å². The monoisotopic (exact) mass is 290 g/mol. The number of likely N-dealkylation sites (tertiary alicyclic amines) is 1. The molecule has 1 aliphatic rings. The van der Waals surface area contributed by atoms with Gasteiger partial charge in [0.05, 0.1) is 5.56 Å². The van der Waals surface area contributed by atoms with Crippen molar-refractivity contribution in [2.24, 2.45) is 0 Å². The van der Waals surface area contributed by atoms with Gasteiger partial charge in [0.25, 0.3) is 0 Å². The van der Waals surface area contributed by atoms with Crippen molar-refractivity contribution in [2.75, 3.05) is 25.0 Å². The SMILES string of the molecule is O=C(Nc1ccc(F)c(C#CCO)c1)N1CCCCCC1. The van der Waals surface area contributed by atoms with Crippen LogP contribution in [0.25, 0.3) is 0 Å². The number of nitrogens with one attached hydrogen (secondary N) is 1. The molecule has 0 bridgehead atoms. The molecule has 2 N–H and O–H groups in total. The van der Waals surface area contributed by atoms with E-state index in [1.54, 1.807) is 4.90 Å².